The van der Waals surface area contributed by atoms with Crippen molar-refractivity contribution in [3.8, 4) is 0 Å². The second-order valence-electron chi connectivity index (χ2n) is 5.13. The molecule has 0 nitrogen and oxygen atoms in total. The second-order valence-corrected chi connectivity index (χ2v) is 9.42. The molecule has 0 aromatic carbocycles. The van der Waals surface area contributed by atoms with E-state index in [1.54, 1.807) is 0 Å². The van der Waals surface area contributed by atoms with Crippen LogP contribution in [0.1, 0.15) is 38.5 Å². The Bertz CT molecular complexity index is 203. The summed E-state index contributed by atoms with van der Waals surface area (Å²) in [6.07, 6.45) is 7.55. The topological polar surface area (TPSA) is 0 Å². The van der Waals surface area contributed by atoms with E-state index in [9.17, 15) is 0 Å². The van der Waals surface area contributed by atoms with E-state index in [0.29, 0.717) is 0 Å². The summed E-state index contributed by atoms with van der Waals surface area (Å²) < 4.78 is 0. The Hall–Kier alpha value is 2.10. The zero-order valence-electron chi connectivity index (χ0n) is 13.0. The summed E-state index contributed by atoms with van der Waals surface area (Å²) in [5.41, 5.74) is 0. The van der Waals surface area contributed by atoms with Gasteiger partial charge in [-0.2, -0.15) is 74.0 Å². The Morgan fingerprint density at radius 2 is 1.24 bits per heavy atom. The Morgan fingerprint density at radius 1 is 0.667 bits per heavy atom. The van der Waals surface area contributed by atoms with Crippen LogP contribution in [0.5, 0.6) is 0 Å². The van der Waals surface area contributed by atoms with Crippen LogP contribution in [0.2, 0.25) is 0 Å². The number of rotatable bonds is 16. The van der Waals surface area contributed by atoms with Crippen LogP contribution in [0.25, 0.3) is 0 Å². The lowest BCUT2D eigenvalue weighted by atomic mass is 9.98. The van der Waals surface area contributed by atoms with Crippen molar-refractivity contribution in [3.05, 3.63) is 0 Å². The van der Waals surface area contributed by atoms with Gasteiger partial charge in [-0.3, -0.25) is 0 Å². The first-order chi connectivity index (χ1) is 10.3. The van der Waals surface area contributed by atoms with E-state index in [4.69, 9.17) is 0 Å². The summed E-state index contributed by atoms with van der Waals surface area (Å²) in [6, 6.07) is 0. The van der Waals surface area contributed by atoms with Crippen molar-refractivity contribution in [2.75, 3.05) is 40.3 Å². The van der Waals surface area contributed by atoms with Crippen molar-refractivity contribution in [1.29, 1.82) is 0 Å². The smallest absolute Gasteiger partial charge is 0.00834 e. The molecule has 0 heterocycles. The molecule has 0 radical (unpaired) electrons. The van der Waals surface area contributed by atoms with E-state index in [2.05, 4.69) is 74.0 Å². The molecular formula is C15H32S6. The van der Waals surface area contributed by atoms with Crippen molar-refractivity contribution in [3.63, 3.8) is 0 Å². The molecule has 0 aliphatic carbocycles. The van der Waals surface area contributed by atoms with Crippen molar-refractivity contribution in [1.82, 2.24) is 0 Å². The molecule has 0 aliphatic rings. The summed E-state index contributed by atoms with van der Waals surface area (Å²) >= 11 is 21.7. The fraction of sp³-hybridized carbons (Fsp3) is 1.00. The molecular weight excluding hydrogens is 373 g/mol. The number of hydrogen-bond donors (Lipinski definition) is 4. The summed E-state index contributed by atoms with van der Waals surface area (Å²) in [7, 11) is 0. The van der Waals surface area contributed by atoms with Crippen LogP contribution in [0.3, 0.4) is 0 Å². The molecule has 6 heteroatoms. The van der Waals surface area contributed by atoms with Gasteiger partial charge in [0.15, 0.2) is 0 Å². The fourth-order valence-corrected chi connectivity index (χ4v) is 6.08. The lowest BCUT2D eigenvalue weighted by Gasteiger charge is -2.27. The van der Waals surface area contributed by atoms with Gasteiger partial charge in [-0.1, -0.05) is 0 Å². The first-order valence-electron chi connectivity index (χ1n) is 7.92. The molecule has 0 aromatic heterocycles. The lowest BCUT2D eigenvalue weighted by molar-refractivity contribution is 0.490. The molecule has 0 amide bonds. The van der Waals surface area contributed by atoms with Gasteiger partial charge < -0.3 is 0 Å². The monoisotopic (exact) mass is 404 g/mol. The third-order valence-electron chi connectivity index (χ3n) is 3.32. The number of thiol groups is 4. The Morgan fingerprint density at radius 3 is 1.86 bits per heavy atom. The standard InChI is InChI=1S/C15H32S6/c16-7-1-5-14(13-20-11-3-9-18)15(6-2-8-17)21-12-4-10-19/h14-19H,1-13H2. The van der Waals surface area contributed by atoms with E-state index in [1.165, 1.54) is 55.8 Å². The zero-order chi connectivity index (χ0) is 15.8. The maximum atomic E-state index is 4.40. The number of thioether (sulfide) groups is 2. The summed E-state index contributed by atoms with van der Waals surface area (Å²) in [4.78, 5) is 0. The van der Waals surface area contributed by atoms with Crippen LogP contribution >= 0.6 is 74.0 Å². The molecule has 0 N–H and O–H groups in total. The van der Waals surface area contributed by atoms with Gasteiger partial charge in [-0.25, -0.2) is 0 Å². The molecule has 0 spiro atoms. The summed E-state index contributed by atoms with van der Waals surface area (Å²) in [5.74, 6) is 8.66. The van der Waals surface area contributed by atoms with Crippen molar-refractivity contribution >= 4 is 74.0 Å². The predicted molar refractivity (Wildman–Crippen MR) is 120 cm³/mol. The maximum absolute atomic E-state index is 4.40. The highest BCUT2D eigenvalue weighted by molar-refractivity contribution is 8.00. The van der Waals surface area contributed by atoms with Crippen LogP contribution in [-0.2, 0) is 0 Å². The van der Waals surface area contributed by atoms with Crippen LogP contribution in [0.4, 0.5) is 0 Å². The average Bonchev–Trinajstić information content (AvgIpc) is 2.50. The molecule has 0 aromatic rings. The summed E-state index contributed by atoms with van der Waals surface area (Å²) in [6.45, 7) is 0. The molecule has 0 saturated carbocycles. The van der Waals surface area contributed by atoms with Gasteiger partial charge in [-0.05, 0) is 84.7 Å². The van der Waals surface area contributed by atoms with Crippen LogP contribution in [0.15, 0.2) is 0 Å². The maximum Gasteiger partial charge on any atom is 0.00834 e. The highest BCUT2D eigenvalue weighted by Gasteiger charge is 2.21. The SMILES string of the molecule is SCCCSCC(CCCS)C(CCCS)SCCCS. The van der Waals surface area contributed by atoms with E-state index >= 15 is 0 Å². The third kappa shape index (κ3) is 14.2. The molecule has 21 heavy (non-hydrogen) atoms. The third-order valence-corrected chi connectivity index (χ3v) is 7.40. The van der Waals surface area contributed by atoms with Gasteiger partial charge in [-0.15, -0.1) is 0 Å². The molecule has 0 saturated heterocycles. The van der Waals surface area contributed by atoms with E-state index in [-0.39, 0.29) is 0 Å². The Kier molecular flexibility index (Phi) is 20.3. The fourth-order valence-electron chi connectivity index (χ4n) is 2.18. The largest absolute Gasteiger partial charge is 0.179 e. The Balaban J connectivity index is 4.32. The van der Waals surface area contributed by atoms with Crippen LogP contribution in [-0.4, -0.2) is 45.5 Å². The second kappa shape index (κ2) is 18.4. The molecule has 128 valence electrons. The van der Waals surface area contributed by atoms with Gasteiger partial charge in [0.25, 0.3) is 0 Å². The average molecular weight is 405 g/mol. The van der Waals surface area contributed by atoms with Gasteiger partial charge in [0, 0.05) is 5.25 Å². The highest BCUT2D eigenvalue weighted by atomic mass is 32.2. The van der Waals surface area contributed by atoms with Crippen molar-refractivity contribution in [2.24, 2.45) is 5.92 Å². The zero-order valence-corrected chi connectivity index (χ0v) is 18.2. The summed E-state index contributed by atoms with van der Waals surface area (Å²) in [5, 5.41) is 0.792. The molecule has 2 atom stereocenters. The normalized spacial score (nSPS) is 14.3. The highest BCUT2D eigenvalue weighted by Crippen LogP contribution is 2.31. The Labute approximate surface area is 163 Å². The predicted octanol–water partition coefficient (Wildman–Crippen LogP) is 5.50. The molecule has 0 bridgehead atoms. The van der Waals surface area contributed by atoms with E-state index < -0.39 is 0 Å². The molecule has 0 aliphatic heterocycles. The van der Waals surface area contributed by atoms with E-state index in [0.717, 1.165) is 34.2 Å². The minimum absolute atomic E-state index is 0.792. The van der Waals surface area contributed by atoms with Crippen LogP contribution < -0.4 is 0 Å². The minimum atomic E-state index is 0.792. The lowest BCUT2D eigenvalue weighted by Crippen LogP contribution is -2.21. The van der Waals surface area contributed by atoms with Gasteiger partial charge >= 0.3 is 0 Å². The van der Waals surface area contributed by atoms with Gasteiger partial charge in [0.1, 0.15) is 0 Å². The van der Waals surface area contributed by atoms with Crippen molar-refractivity contribution < 1.29 is 0 Å². The first-order valence-corrected chi connectivity index (χ1v) is 12.7. The van der Waals surface area contributed by atoms with Gasteiger partial charge in [0.2, 0.25) is 0 Å². The number of hydrogen-bond acceptors (Lipinski definition) is 6. The minimum Gasteiger partial charge on any atom is -0.179 e. The quantitative estimate of drug-likeness (QED) is 0.198. The van der Waals surface area contributed by atoms with Crippen LogP contribution in [0, 0.1) is 5.92 Å². The molecule has 0 rings (SSSR count). The van der Waals surface area contributed by atoms with Gasteiger partial charge in [0.05, 0.1) is 0 Å². The molecule has 0 fully saturated rings. The first kappa shape index (κ1) is 23.1. The molecule has 2 unspecified atom stereocenters. The van der Waals surface area contributed by atoms with E-state index in [1.807, 2.05) is 0 Å². The van der Waals surface area contributed by atoms with Crippen molar-refractivity contribution in [2.45, 2.75) is 43.8 Å².